The van der Waals surface area contributed by atoms with Crippen LogP contribution in [0.2, 0.25) is 5.02 Å². The molecule has 0 amide bonds. The third-order valence-electron chi connectivity index (χ3n) is 4.42. The van der Waals surface area contributed by atoms with Gasteiger partial charge in [0.05, 0.1) is 19.7 Å². The number of halogens is 2. The van der Waals surface area contributed by atoms with Crippen LogP contribution >= 0.6 is 11.6 Å². The lowest BCUT2D eigenvalue weighted by molar-refractivity contribution is -0.643. The van der Waals surface area contributed by atoms with E-state index < -0.39 is 0 Å². The minimum absolute atomic E-state index is 0. The topological polar surface area (TPSA) is 49.9 Å². The second kappa shape index (κ2) is 10.4. The summed E-state index contributed by atoms with van der Waals surface area (Å²) in [5, 5.41) is 16.1. The van der Waals surface area contributed by atoms with Gasteiger partial charge in [-0.3, -0.25) is 4.90 Å². The number of hydrazine groups is 1. The fourth-order valence-corrected chi connectivity index (χ4v) is 3.16. The van der Waals surface area contributed by atoms with E-state index in [2.05, 4.69) is 21.1 Å². The molecule has 0 aliphatic carbocycles. The minimum Gasteiger partial charge on any atom is -1.00 e. The summed E-state index contributed by atoms with van der Waals surface area (Å²) in [6.07, 6.45) is 1.94. The number of hydrogen-bond acceptors (Lipinski definition) is 4. The van der Waals surface area contributed by atoms with Crippen LogP contribution in [0.4, 0.5) is 0 Å². The van der Waals surface area contributed by atoms with E-state index in [9.17, 15) is 5.11 Å². The lowest BCUT2D eigenvalue weighted by atomic mass is 10.2. The summed E-state index contributed by atoms with van der Waals surface area (Å²) in [5.74, 6) is 0.671. The van der Waals surface area contributed by atoms with Crippen LogP contribution < -0.4 is 22.2 Å². The summed E-state index contributed by atoms with van der Waals surface area (Å²) in [4.78, 5) is 2.41. The quantitative estimate of drug-likeness (QED) is 0.581. The van der Waals surface area contributed by atoms with Crippen LogP contribution in [-0.4, -0.2) is 54.0 Å². The van der Waals surface area contributed by atoms with E-state index in [0.29, 0.717) is 12.4 Å². The summed E-state index contributed by atoms with van der Waals surface area (Å²) >= 11 is 6.25. The molecular formula is C20H25Cl2N3O2. The van der Waals surface area contributed by atoms with Gasteiger partial charge >= 0.3 is 0 Å². The number of benzene rings is 2. The fourth-order valence-electron chi connectivity index (χ4n) is 2.96. The van der Waals surface area contributed by atoms with Gasteiger partial charge in [0.2, 0.25) is 0 Å². The Morgan fingerprint density at radius 2 is 1.89 bits per heavy atom. The van der Waals surface area contributed by atoms with Crippen molar-refractivity contribution in [2.75, 3.05) is 32.8 Å². The molecule has 3 rings (SSSR count). The molecule has 0 unspecified atom stereocenters. The molecule has 2 N–H and O–H groups in total. The van der Waals surface area contributed by atoms with Gasteiger partial charge < -0.3 is 22.3 Å². The number of ether oxygens (including phenoxy) is 1. The van der Waals surface area contributed by atoms with Crippen LogP contribution in [-0.2, 0) is 6.54 Å². The first-order valence-corrected chi connectivity index (χ1v) is 9.29. The average Bonchev–Trinajstić information content (AvgIpc) is 2.65. The molecule has 0 bridgehead atoms. The molecule has 0 radical (unpaired) electrons. The molecule has 2 aromatic carbocycles. The highest BCUT2D eigenvalue weighted by Gasteiger charge is 2.19. The Labute approximate surface area is 171 Å². The van der Waals surface area contributed by atoms with E-state index in [4.69, 9.17) is 16.3 Å². The van der Waals surface area contributed by atoms with Gasteiger partial charge in [-0.25, -0.2) is 0 Å². The Morgan fingerprint density at radius 1 is 1.15 bits per heavy atom. The van der Waals surface area contributed by atoms with E-state index in [1.165, 1.54) is 5.56 Å². The smallest absolute Gasteiger partial charge is 0.198 e. The number of aromatic hydroxyl groups is 1. The Bertz CT molecular complexity index is 763. The van der Waals surface area contributed by atoms with Gasteiger partial charge in [-0.15, -0.1) is 5.10 Å². The highest BCUT2D eigenvalue weighted by molar-refractivity contribution is 6.31. The van der Waals surface area contributed by atoms with Gasteiger partial charge in [0.15, 0.2) is 17.7 Å². The number of nitrogens with zero attached hydrogens (tertiary/aromatic N) is 2. The van der Waals surface area contributed by atoms with Crippen LogP contribution in [0.3, 0.4) is 0 Å². The molecule has 1 saturated heterocycles. The highest BCUT2D eigenvalue weighted by Crippen LogP contribution is 2.25. The zero-order valence-corrected chi connectivity index (χ0v) is 16.9. The Balaban J connectivity index is 0.00000261. The van der Waals surface area contributed by atoms with Gasteiger partial charge in [0.1, 0.15) is 0 Å². The van der Waals surface area contributed by atoms with Crippen molar-refractivity contribution in [2.24, 2.45) is 0 Å². The molecule has 1 aliphatic rings. The van der Waals surface area contributed by atoms with Gasteiger partial charge in [0, 0.05) is 30.2 Å². The summed E-state index contributed by atoms with van der Waals surface area (Å²) in [6, 6.07) is 13.4. The monoisotopic (exact) mass is 409 g/mol. The van der Waals surface area contributed by atoms with Crippen molar-refractivity contribution >= 4 is 17.8 Å². The van der Waals surface area contributed by atoms with Gasteiger partial charge in [-0.1, -0.05) is 29.8 Å². The molecule has 1 fully saturated rings. The molecule has 146 valence electrons. The third kappa shape index (κ3) is 6.03. The zero-order chi connectivity index (χ0) is 18.4. The Kier molecular flexibility index (Phi) is 8.23. The molecule has 0 aromatic heterocycles. The summed E-state index contributed by atoms with van der Waals surface area (Å²) < 4.78 is 5.42. The van der Waals surface area contributed by atoms with E-state index in [-0.39, 0.29) is 18.2 Å². The van der Waals surface area contributed by atoms with Crippen LogP contribution in [0.1, 0.15) is 18.1 Å². The SMILES string of the molecule is CCOc1cc(/C=[NH+]/N2CCN(Cc3ccccc3Cl)CC2)ccc1O.[Cl-]. The summed E-state index contributed by atoms with van der Waals surface area (Å²) in [5.41, 5.74) is 2.14. The Morgan fingerprint density at radius 3 is 2.59 bits per heavy atom. The normalized spacial score (nSPS) is 15.0. The van der Waals surface area contributed by atoms with E-state index in [1.807, 2.05) is 43.5 Å². The van der Waals surface area contributed by atoms with E-state index in [1.54, 1.807) is 6.07 Å². The van der Waals surface area contributed by atoms with Crippen molar-refractivity contribution < 1.29 is 27.4 Å². The molecule has 27 heavy (non-hydrogen) atoms. The predicted molar refractivity (Wildman–Crippen MR) is 104 cm³/mol. The number of rotatable bonds is 6. The fraction of sp³-hybridized carbons (Fsp3) is 0.350. The van der Waals surface area contributed by atoms with Crippen molar-refractivity contribution in [1.29, 1.82) is 0 Å². The molecule has 5 nitrogen and oxygen atoms in total. The lowest BCUT2D eigenvalue weighted by Gasteiger charge is -2.30. The largest absolute Gasteiger partial charge is 1.00 e. The van der Waals surface area contributed by atoms with Crippen molar-refractivity contribution in [3.8, 4) is 11.5 Å². The summed E-state index contributed by atoms with van der Waals surface area (Å²) in [7, 11) is 0. The molecule has 2 aromatic rings. The van der Waals surface area contributed by atoms with Crippen LogP contribution in [0.5, 0.6) is 11.5 Å². The second-order valence-electron chi connectivity index (χ2n) is 6.29. The maximum atomic E-state index is 9.77. The van der Waals surface area contributed by atoms with E-state index in [0.717, 1.165) is 43.3 Å². The van der Waals surface area contributed by atoms with Crippen molar-refractivity contribution in [3.63, 3.8) is 0 Å². The number of hydrogen-bond donors (Lipinski definition) is 2. The van der Waals surface area contributed by atoms with E-state index >= 15 is 0 Å². The molecule has 7 heteroatoms. The summed E-state index contributed by atoms with van der Waals surface area (Å²) in [6.45, 7) is 7.12. The predicted octanol–water partition coefficient (Wildman–Crippen LogP) is -1.32. The molecule has 0 saturated carbocycles. The van der Waals surface area contributed by atoms with Crippen molar-refractivity contribution in [1.82, 2.24) is 9.91 Å². The third-order valence-corrected chi connectivity index (χ3v) is 4.79. The molecule has 0 atom stereocenters. The number of piperazine rings is 1. The Hall–Kier alpha value is -1.95. The second-order valence-corrected chi connectivity index (χ2v) is 6.70. The molecular weight excluding hydrogens is 385 g/mol. The highest BCUT2D eigenvalue weighted by atomic mass is 35.5. The molecule has 1 heterocycles. The molecule has 0 spiro atoms. The van der Waals surface area contributed by atoms with Crippen molar-refractivity contribution in [3.05, 3.63) is 58.6 Å². The maximum Gasteiger partial charge on any atom is 0.198 e. The number of phenolic OH excluding ortho intramolecular Hbond substituents is 1. The first kappa shape index (κ1) is 21.4. The van der Waals surface area contributed by atoms with Crippen LogP contribution in [0, 0.1) is 0 Å². The lowest BCUT2D eigenvalue weighted by Crippen LogP contribution is -3.00. The van der Waals surface area contributed by atoms with Crippen LogP contribution in [0.15, 0.2) is 42.5 Å². The van der Waals surface area contributed by atoms with Gasteiger partial charge in [-0.05, 0) is 36.8 Å². The number of nitrogens with one attached hydrogen (secondary N) is 1. The van der Waals surface area contributed by atoms with Gasteiger partial charge in [0.25, 0.3) is 0 Å². The number of phenols is 1. The average molecular weight is 410 g/mol. The first-order valence-electron chi connectivity index (χ1n) is 8.91. The molecule has 1 aliphatic heterocycles. The van der Waals surface area contributed by atoms with Crippen molar-refractivity contribution in [2.45, 2.75) is 13.5 Å². The van der Waals surface area contributed by atoms with Gasteiger partial charge in [-0.2, -0.15) is 5.01 Å². The number of hydrazone groups is 1. The minimum atomic E-state index is 0. The first-order chi connectivity index (χ1) is 12.7. The standard InChI is InChI=1S/C20H24ClN3O2.ClH/c1-2-26-20-13-16(7-8-19(20)25)14-22-24-11-9-23(10-12-24)15-17-5-3-4-6-18(17)21;/h3-8,13-14,25H,2,9-12,15H2,1H3;1H/b22-14+;. The van der Waals surface area contributed by atoms with Crippen LogP contribution in [0.25, 0.3) is 0 Å². The maximum absolute atomic E-state index is 9.77. The zero-order valence-electron chi connectivity index (χ0n) is 15.4.